The number of aliphatic hydroxyl groups is 1. The summed E-state index contributed by atoms with van der Waals surface area (Å²) in [4.78, 5) is 39.5. The number of benzene rings is 1. The number of halogens is 2. The average molecular weight is 353 g/mol. The Morgan fingerprint density at radius 3 is 2.72 bits per heavy atom. The minimum Gasteiger partial charge on any atom is -0.391 e. The topological polar surface area (TPSA) is 89.9 Å². The maximum Gasteiger partial charge on any atom is 0.257 e. The Balaban J connectivity index is 1.79. The number of aliphatic hydroxyl groups excluding tert-OH is 1. The van der Waals surface area contributed by atoms with Gasteiger partial charge < -0.3 is 20.2 Å². The van der Waals surface area contributed by atoms with Crippen LogP contribution in [-0.4, -0.2) is 70.4 Å². The molecule has 9 heteroatoms. The van der Waals surface area contributed by atoms with E-state index in [2.05, 4.69) is 5.32 Å². The molecule has 1 aromatic rings. The monoisotopic (exact) mass is 353 g/mol. The van der Waals surface area contributed by atoms with E-state index in [-0.39, 0.29) is 19.6 Å². The van der Waals surface area contributed by atoms with Gasteiger partial charge in [0.05, 0.1) is 18.2 Å². The van der Waals surface area contributed by atoms with Crippen molar-refractivity contribution in [2.24, 2.45) is 0 Å². The molecule has 0 spiro atoms. The standard InChI is InChI=1S/C16H17F2N3O4/c1-8(22)13-16(25)21-5-4-20(7-12(21)14(23)19-13)15(24)10-6-9(17)2-3-11(10)18/h2-3,6,8,12-13,22H,4-5,7H2,1H3,(H,19,23)/t8-,12+,13+/m0/s1. The van der Waals surface area contributed by atoms with Crippen LogP contribution in [0.3, 0.4) is 0 Å². The molecule has 25 heavy (non-hydrogen) atoms. The first-order chi connectivity index (χ1) is 11.8. The van der Waals surface area contributed by atoms with Crippen LogP contribution >= 0.6 is 0 Å². The van der Waals surface area contributed by atoms with Gasteiger partial charge in [-0.25, -0.2) is 8.78 Å². The van der Waals surface area contributed by atoms with E-state index >= 15 is 0 Å². The van der Waals surface area contributed by atoms with Crippen molar-refractivity contribution in [2.45, 2.75) is 25.1 Å². The normalized spacial score (nSPS) is 24.6. The Labute approximate surface area is 142 Å². The van der Waals surface area contributed by atoms with Crippen LogP contribution in [-0.2, 0) is 9.59 Å². The summed E-state index contributed by atoms with van der Waals surface area (Å²) in [6, 6.07) is 0.638. The number of amides is 3. The average Bonchev–Trinajstić information content (AvgIpc) is 2.59. The number of fused-ring (bicyclic) bond motifs is 1. The Morgan fingerprint density at radius 2 is 2.04 bits per heavy atom. The first kappa shape index (κ1) is 17.3. The molecule has 0 saturated carbocycles. The smallest absolute Gasteiger partial charge is 0.257 e. The van der Waals surface area contributed by atoms with Gasteiger partial charge in [0.15, 0.2) is 0 Å². The minimum absolute atomic E-state index is 0.0722. The second kappa shape index (κ2) is 6.40. The van der Waals surface area contributed by atoms with E-state index in [4.69, 9.17) is 0 Å². The van der Waals surface area contributed by atoms with Gasteiger partial charge >= 0.3 is 0 Å². The van der Waals surface area contributed by atoms with Crippen LogP contribution in [0.1, 0.15) is 17.3 Å². The van der Waals surface area contributed by atoms with E-state index in [1.807, 2.05) is 0 Å². The number of rotatable bonds is 2. The molecule has 2 heterocycles. The number of hydrogen-bond donors (Lipinski definition) is 2. The molecule has 7 nitrogen and oxygen atoms in total. The number of piperazine rings is 2. The maximum absolute atomic E-state index is 13.8. The van der Waals surface area contributed by atoms with Crippen molar-refractivity contribution in [2.75, 3.05) is 19.6 Å². The first-order valence-electron chi connectivity index (χ1n) is 7.83. The predicted octanol–water partition coefficient (Wildman–Crippen LogP) is -0.503. The lowest BCUT2D eigenvalue weighted by Gasteiger charge is -2.45. The van der Waals surface area contributed by atoms with Crippen molar-refractivity contribution in [1.82, 2.24) is 15.1 Å². The van der Waals surface area contributed by atoms with Gasteiger partial charge in [-0.2, -0.15) is 0 Å². The summed E-state index contributed by atoms with van der Waals surface area (Å²) in [6.45, 7) is 1.42. The second-order valence-corrected chi connectivity index (χ2v) is 6.15. The zero-order valence-electron chi connectivity index (χ0n) is 13.4. The zero-order valence-corrected chi connectivity index (χ0v) is 13.4. The lowest BCUT2D eigenvalue weighted by atomic mass is 10.0. The highest BCUT2D eigenvalue weighted by atomic mass is 19.1. The molecule has 3 rings (SSSR count). The molecular formula is C16H17F2N3O4. The lowest BCUT2D eigenvalue weighted by molar-refractivity contribution is -0.155. The number of nitrogens with zero attached hydrogens (tertiary/aromatic N) is 2. The third kappa shape index (κ3) is 3.07. The molecule has 1 aromatic carbocycles. The Bertz CT molecular complexity index is 740. The molecule has 2 saturated heterocycles. The third-order valence-corrected chi connectivity index (χ3v) is 4.46. The molecule has 2 fully saturated rings. The van der Waals surface area contributed by atoms with Crippen molar-refractivity contribution in [3.05, 3.63) is 35.4 Å². The van der Waals surface area contributed by atoms with E-state index < -0.39 is 53.1 Å². The SMILES string of the molecule is C[C@H](O)[C@H]1NC(=O)[C@H]2CN(C(=O)c3cc(F)ccc3F)CCN2C1=O. The lowest BCUT2D eigenvalue weighted by Crippen LogP contribution is -2.71. The number of carbonyl (C=O) groups excluding carboxylic acids is 3. The summed E-state index contributed by atoms with van der Waals surface area (Å²) in [5.74, 6) is -3.26. The molecule has 2 aliphatic heterocycles. The fraction of sp³-hybridized carbons (Fsp3) is 0.438. The van der Waals surface area contributed by atoms with E-state index in [0.717, 1.165) is 18.2 Å². The molecule has 134 valence electrons. The van der Waals surface area contributed by atoms with Crippen molar-refractivity contribution in [3.8, 4) is 0 Å². The molecule has 0 aliphatic carbocycles. The molecule has 0 aromatic heterocycles. The van der Waals surface area contributed by atoms with Gasteiger partial charge in [-0.05, 0) is 25.1 Å². The Hall–Kier alpha value is -2.55. The summed E-state index contributed by atoms with van der Waals surface area (Å²) in [5, 5.41) is 12.0. The van der Waals surface area contributed by atoms with Crippen LogP contribution in [0.4, 0.5) is 8.78 Å². The predicted molar refractivity (Wildman–Crippen MR) is 81.4 cm³/mol. The molecule has 2 aliphatic rings. The van der Waals surface area contributed by atoms with E-state index in [1.54, 1.807) is 0 Å². The molecular weight excluding hydrogens is 336 g/mol. The van der Waals surface area contributed by atoms with Gasteiger partial charge in [0, 0.05) is 13.1 Å². The maximum atomic E-state index is 13.8. The van der Waals surface area contributed by atoms with Gasteiger partial charge in [0.25, 0.3) is 5.91 Å². The van der Waals surface area contributed by atoms with E-state index in [1.165, 1.54) is 16.7 Å². The second-order valence-electron chi connectivity index (χ2n) is 6.15. The minimum atomic E-state index is -1.04. The van der Waals surface area contributed by atoms with Crippen LogP contribution in [0.5, 0.6) is 0 Å². The van der Waals surface area contributed by atoms with Gasteiger partial charge in [-0.3, -0.25) is 14.4 Å². The molecule has 3 amide bonds. The molecule has 0 radical (unpaired) electrons. The van der Waals surface area contributed by atoms with E-state index in [9.17, 15) is 28.3 Å². The largest absolute Gasteiger partial charge is 0.391 e. The highest BCUT2D eigenvalue weighted by molar-refractivity contribution is 5.99. The van der Waals surface area contributed by atoms with Crippen LogP contribution < -0.4 is 5.32 Å². The highest BCUT2D eigenvalue weighted by Crippen LogP contribution is 2.20. The van der Waals surface area contributed by atoms with Crippen molar-refractivity contribution < 1.29 is 28.3 Å². The van der Waals surface area contributed by atoms with Gasteiger partial charge in [0.1, 0.15) is 23.7 Å². The van der Waals surface area contributed by atoms with Gasteiger partial charge in [-0.1, -0.05) is 0 Å². The summed E-state index contributed by atoms with van der Waals surface area (Å²) in [7, 11) is 0. The van der Waals surface area contributed by atoms with E-state index in [0.29, 0.717) is 0 Å². The quantitative estimate of drug-likeness (QED) is 0.750. The number of carbonyl (C=O) groups is 3. The van der Waals surface area contributed by atoms with Crippen molar-refractivity contribution >= 4 is 17.7 Å². The fourth-order valence-electron chi connectivity index (χ4n) is 3.10. The third-order valence-electron chi connectivity index (χ3n) is 4.46. The molecule has 2 N–H and O–H groups in total. The summed E-state index contributed by atoms with van der Waals surface area (Å²) < 4.78 is 27.1. The van der Waals surface area contributed by atoms with Crippen molar-refractivity contribution in [3.63, 3.8) is 0 Å². The number of hydrogen-bond acceptors (Lipinski definition) is 4. The highest BCUT2D eigenvalue weighted by Gasteiger charge is 2.45. The molecule has 0 unspecified atom stereocenters. The Kier molecular flexibility index (Phi) is 4.42. The van der Waals surface area contributed by atoms with Crippen LogP contribution in [0.25, 0.3) is 0 Å². The van der Waals surface area contributed by atoms with Crippen LogP contribution in [0.2, 0.25) is 0 Å². The summed E-state index contributed by atoms with van der Waals surface area (Å²) in [6.07, 6.45) is -1.04. The first-order valence-corrected chi connectivity index (χ1v) is 7.83. The zero-order chi connectivity index (χ0) is 18.3. The molecule has 0 bridgehead atoms. The number of nitrogens with one attached hydrogen (secondary N) is 1. The van der Waals surface area contributed by atoms with Crippen molar-refractivity contribution in [1.29, 1.82) is 0 Å². The summed E-state index contributed by atoms with van der Waals surface area (Å²) in [5.41, 5.74) is -0.419. The van der Waals surface area contributed by atoms with Gasteiger partial charge in [-0.15, -0.1) is 0 Å². The molecule has 3 atom stereocenters. The fourth-order valence-corrected chi connectivity index (χ4v) is 3.10. The summed E-state index contributed by atoms with van der Waals surface area (Å²) >= 11 is 0. The Morgan fingerprint density at radius 1 is 1.32 bits per heavy atom. The van der Waals surface area contributed by atoms with Crippen LogP contribution in [0.15, 0.2) is 18.2 Å². The van der Waals surface area contributed by atoms with Crippen LogP contribution in [0, 0.1) is 11.6 Å². The van der Waals surface area contributed by atoms with Gasteiger partial charge in [0.2, 0.25) is 11.8 Å².